The molecular formula is C10H8N4. The first kappa shape index (κ1) is 8.53. The molecule has 0 bridgehead atoms. The summed E-state index contributed by atoms with van der Waals surface area (Å²) >= 11 is 0. The number of fused-ring (bicyclic) bond motifs is 1. The lowest BCUT2D eigenvalue weighted by molar-refractivity contribution is 1.35. The van der Waals surface area contributed by atoms with Crippen LogP contribution in [0.15, 0.2) is 35.6 Å². The number of azide groups is 1. The van der Waals surface area contributed by atoms with Gasteiger partial charge in [0.15, 0.2) is 0 Å². The molecule has 1 heterocycles. The number of pyridine rings is 1. The third kappa shape index (κ3) is 1.28. The van der Waals surface area contributed by atoms with E-state index < -0.39 is 0 Å². The molecule has 0 fully saturated rings. The molecule has 0 N–H and O–H groups in total. The van der Waals surface area contributed by atoms with Gasteiger partial charge in [0, 0.05) is 16.5 Å². The minimum Gasteiger partial charge on any atom is -0.256 e. The summed E-state index contributed by atoms with van der Waals surface area (Å²) in [5.74, 6) is 0. The average Bonchev–Trinajstić information content (AvgIpc) is 2.20. The van der Waals surface area contributed by atoms with Crippen molar-refractivity contribution in [3.63, 3.8) is 0 Å². The Hall–Kier alpha value is -2.06. The Morgan fingerprint density at radius 2 is 2.21 bits per heavy atom. The van der Waals surface area contributed by atoms with Crippen LogP contribution in [0.1, 0.15) is 5.56 Å². The van der Waals surface area contributed by atoms with Gasteiger partial charge in [-0.1, -0.05) is 23.3 Å². The number of hydrogen-bond acceptors (Lipinski definition) is 2. The van der Waals surface area contributed by atoms with Crippen molar-refractivity contribution in [3.05, 3.63) is 46.5 Å². The lowest BCUT2D eigenvalue weighted by Crippen LogP contribution is -1.81. The highest BCUT2D eigenvalue weighted by molar-refractivity contribution is 5.90. The summed E-state index contributed by atoms with van der Waals surface area (Å²) in [7, 11) is 0. The Morgan fingerprint density at radius 3 is 3.00 bits per heavy atom. The Balaban J connectivity index is 2.87. The van der Waals surface area contributed by atoms with Gasteiger partial charge in [0.25, 0.3) is 0 Å². The van der Waals surface area contributed by atoms with Gasteiger partial charge in [-0.05, 0) is 24.1 Å². The van der Waals surface area contributed by atoms with Gasteiger partial charge in [-0.15, -0.1) is 0 Å². The van der Waals surface area contributed by atoms with Crippen LogP contribution in [0.25, 0.3) is 21.3 Å². The van der Waals surface area contributed by atoms with Crippen LogP contribution < -0.4 is 0 Å². The second kappa shape index (κ2) is 3.36. The molecule has 14 heavy (non-hydrogen) atoms. The van der Waals surface area contributed by atoms with Crippen LogP contribution >= 0.6 is 0 Å². The molecule has 2 aromatic rings. The predicted molar refractivity (Wildman–Crippen MR) is 55.3 cm³/mol. The van der Waals surface area contributed by atoms with E-state index in [-0.39, 0.29) is 0 Å². The van der Waals surface area contributed by atoms with Crippen LogP contribution in [0.4, 0.5) is 5.69 Å². The summed E-state index contributed by atoms with van der Waals surface area (Å²) in [6, 6.07) is 7.52. The van der Waals surface area contributed by atoms with Gasteiger partial charge < -0.3 is 0 Å². The van der Waals surface area contributed by atoms with E-state index in [4.69, 9.17) is 5.53 Å². The smallest absolute Gasteiger partial charge is 0.0800 e. The van der Waals surface area contributed by atoms with Crippen molar-refractivity contribution in [1.82, 2.24) is 4.98 Å². The highest BCUT2D eigenvalue weighted by Crippen LogP contribution is 2.25. The number of aromatic nitrogens is 1. The number of para-hydroxylation sites is 1. The van der Waals surface area contributed by atoms with Crippen LogP contribution in [0.3, 0.4) is 0 Å². The van der Waals surface area contributed by atoms with Crippen LogP contribution in [0, 0.1) is 6.92 Å². The highest BCUT2D eigenvalue weighted by atomic mass is 15.1. The molecule has 1 aromatic heterocycles. The summed E-state index contributed by atoms with van der Waals surface area (Å²) < 4.78 is 0. The molecule has 0 spiro atoms. The summed E-state index contributed by atoms with van der Waals surface area (Å²) in [5.41, 5.74) is 10.8. The quantitative estimate of drug-likeness (QED) is 0.380. The van der Waals surface area contributed by atoms with Gasteiger partial charge in [0.1, 0.15) is 0 Å². The van der Waals surface area contributed by atoms with Crippen LogP contribution in [0.2, 0.25) is 0 Å². The molecule has 1 aromatic carbocycles. The number of aryl methyl sites for hydroxylation is 1. The Morgan fingerprint density at radius 1 is 1.36 bits per heavy atom. The van der Waals surface area contributed by atoms with Crippen molar-refractivity contribution >= 4 is 16.6 Å². The Kier molecular flexibility index (Phi) is 2.05. The zero-order valence-electron chi connectivity index (χ0n) is 7.68. The van der Waals surface area contributed by atoms with Crippen LogP contribution in [0.5, 0.6) is 0 Å². The molecule has 0 saturated carbocycles. The van der Waals surface area contributed by atoms with E-state index in [9.17, 15) is 0 Å². The molecule has 0 aliphatic carbocycles. The van der Waals surface area contributed by atoms with E-state index in [1.165, 1.54) is 0 Å². The van der Waals surface area contributed by atoms with Crippen LogP contribution in [-0.4, -0.2) is 4.98 Å². The molecular weight excluding hydrogens is 176 g/mol. The highest BCUT2D eigenvalue weighted by Gasteiger charge is 2.01. The molecule has 0 amide bonds. The molecule has 0 saturated heterocycles. The molecule has 68 valence electrons. The molecule has 0 aliphatic rings. The Bertz CT molecular complexity index is 527. The van der Waals surface area contributed by atoms with Crippen molar-refractivity contribution in [3.8, 4) is 0 Å². The van der Waals surface area contributed by atoms with E-state index in [2.05, 4.69) is 15.0 Å². The SMILES string of the molecule is Cc1ccnc2c(N=[N+]=[N-])cccc12. The molecule has 0 aliphatic heterocycles. The van der Waals surface area contributed by atoms with Gasteiger partial charge >= 0.3 is 0 Å². The van der Waals surface area contributed by atoms with Crippen molar-refractivity contribution in [2.75, 3.05) is 0 Å². The first-order chi connectivity index (χ1) is 6.83. The summed E-state index contributed by atoms with van der Waals surface area (Å²) in [5, 5.41) is 4.62. The van der Waals surface area contributed by atoms with E-state index in [0.717, 1.165) is 16.5 Å². The van der Waals surface area contributed by atoms with Crippen molar-refractivity contribution in [1.29, 1.82) is 0 Å². The van der Waals surface area contributed by atoms with Crippen molar-refractivity contribution in [2.24, 2.45) is 5.11 Å². The van der Waals surface area contributed by atoms with Crippen molar-refractivity contribution < 1.29 is 0 Å². The maximum absolute atomic E-state index is 8.38. The summed E-state index contributed by atoms with van der Waals surface area (Å²) in [6.07, 6.45) is 1.72. The van der Waals surface area contributed by atoms with E-state index in [1.807, 2.05) is 25.1 Å². The van der Waals surface area contributed by atoms with E-state index >= 15 is 0 Å². The van der Waals surface area contributed by atoms with Crippen LogP contribution in [-0.2, 0) is 0 Å². The van der Waals surface area contributed by atoms with Gasteiger partial charge in [0.2, 0.25) is 0 Å². The fourth-order valence-corrected chi connectivity index (χ4v) is 1.43. The minimum atomic E-state index is 0.578. The maximum atomic E-state index is 8.38. The minimum absolute atomic E-state index is 0.578. The zero-order valence-corrected chi connectivity index (χ0v) is 7.68. The topological polar surface area (TPSA) is 61.7 Å². The number of benzene rings is 1. The Labute approximate surface area is 80.8 Å². The predicted octanol–water partition coefficient (Wildman–Crippen LogP) is 3.49. The third-order valence-electron chi connectivity index (χ3n) is 2.12. The number of hydrogen-bond donors (Lipinski definition) is 0. The lowest BCUT2D eigenvalue weighted by atomic mass is 10.1. The molecule has 0 radical (unpaired) electrons. The summed E-state index contributed by atoms with van der Waals surface area (Å²) in [6.45, 7) is 2.00. The van der Waals surface area contributed by atoms with E-state index in [0.29, 0.717) is 5.69 Å². The first-order valence-electron chi connectivity index (χ1n) is 4.22. The fraction of sp³-hybridized carbons (Fsp3) is 0.100. The average molecular weight is 184 g/mol. The summed E-state index contributed by atoms with van der Waals surface area (Å²) in [4.78, 5) is 6.97. The number of rotatable bonds is 1. The normalized spacial score (nSPS) is 9.79. The van der Waals surface area contributed by atoms with Gasteiger partial charge in [0.05, 0.1) is 11.2 Å². The molecule has 4 nitrogen and oxygen atoms in total. The van der Waals surface area contributed by atoms with Gasteiger partial charge in [-0.2, -0.15) is 0 Å². The third-order valence-corrected chi connectivity index (χ3v) is 2.12. The molecule has 2 rings (SSSR count). The molecule has 0 atom stereocenters. The first-order valence-corrected chi connectivity index (χ1v) is 4.22. The van der Waals surface area contributed by atoms with Gasteiger partial charge in [-0.3, -0.25) is 4.98 Å². The van der Waals surface area contributed by atoms with Crippen molar-refractivity contribution in [2.45, 2.75) is 6.92 Å². The zero-order chi connectivity index (χ0) is 9.97. The standard InChI is InChI=1S/C10H8N4/c1-7-5-6-12-10-8(7)3-2-4-9(10)13-14-11/h2-6H,1H3. The molecule has 0 unspecified atom stereocenters. The maximum Gasteiger partial charge on any atom is 0.0800 e. The largest absolute Gasteiger partial charge is 0.256 e. The monoisotopic (exact) mass is 184 g/mol. The molecule has 4 heteroatoms. The second-order valence-electron chi connectivity index (χ2n) is 2.99. The fourth-order valence-electron chi connectivity index (χ4n) is 1.43. The van der Waals surface area contributed by atoms with E-state index in [1.54, 1.807) is 12.3 Å². The second-order valence-corrected chi connectivity index (χ2v) is 2.99. The number of nitrogens with zero attached hydrogens (tertiary/aromatic N) is 4. The lowest BCUT2D eigenvalue weighted by Gasteiger charge is -2.02. The van der Waals surface area contributed by atoms with Gasteiger partial charge in [-0.25, -0.2) is 0 Å².